The zero-order valence-corrected chi connectivity index (χ0v) is 22.7. The van der Waals surface area contributed by atoms with E-state index in [2.05, 4.69) is 0 Å². The summed E-state index contributed by atoms with van der Waals surface area (Å²) in [6.45, 7) is 0. The van der Waals surface area contributed by atoms with E-state index in [1.165, 1.54) is 0 Å². The molecule has 0 aromatic heterocycles. The normalized spacial score (nSPS) is 11.9. The largest absolute Gasteiger partial charge is 0.249 e. The Bertz CT molecular complexity index is 1030. The molecule has 0 aliphatic rings. The van der Waals surface area contributed by atoms with Gasteiger partial charge in [0.1, 0.15) is 0 Å². The number of hydrogen-bond donors (Lipinski definition) is 2. The maximum atomic E-state index is 10.2. The third kappa shape index (κ3) is 9.10. The van der Waals surface area contributed by atoms with Gasteiger partial charge in [-0.3, -0.25) is 0 Å². The second kappa shape index (κ2) is 15.4. The van der Waals surface area contributed by atoms with Gasteiger partial charge in [-0.05, 0) is 47.9 Å². The Kier molecular flexibility index (Phi) is 11.4. The molecule has 0 aliphatic heterocycles. The molecule has 0 fully saturated rings. The minimum atomic E-state index is -1.49. The van der Waals surface area contributed by atoms with Crippen LogP contribution in [-0.4, -0.2) is 22.1 Å². The van der Waals surface area contributed by atoms with E-state index in [0.717, 1.165) is 22.3 Å². The lowest BCUT2D eigenvalue weighted by atomic mass is 9.97. The fraction of sp³-hybridized carbons (Fsp3) is 0.294. The molecule has 0 aliphatic carbocycles. The van der Waals surface area contributed by atoms with Crippen LogP contribution >= 0.6 is 0 Å². The predicted molar refractivity (Wildman–Crippen MR) is 154 cm³/mol. The van der Waals surface area contributed by atoms with Crippen molar-refractivity contribution in [3.63, 3.8) is 0 Å². The molecule has 0 bridgehead atoms. The Morgan fingerprint density at radius 2 is 0.600 bits per heavy atom. The maximum Gasteiger partial charge on any atom is 0.234 e. The molecular weight excluding hydrogens is 504 g/mol. The van der Waals surface area contributed by atoms with Crippen LogP contribution in [-0.2, 0) is 45.2 Å². The summed E-state index contributed by atoms with van der Waals surface area (Å²) >= 11 is 0. The lowest BCUT2D eigenvalue weighted by Gasteiger charge is -2.35. The molecule has 40 heavy (non-hydrogen) atoms. The smallest absolute Gasteiger partial charge is 0.234 e. The molecule has 0 saturated carbocycles. The van der Waals surface area contributed by atoms with Crippen LogP contribution in [0, 0.1) is 0 Å². The zero-order valence-electron chi connectivity index (χ0n) is 22.7. The van der Waals surface area contributed by atoms with Crippen molar-refractivity contribution in [2.45, 2.75) is 62.9 Å². The summed E-state index contributed by atoms with van der Waals surface area (Å²) in [6.07, 6.45) is 3.61. The molecular formula is C34H38O6. The van der Waals surface area contributed by atoms with E-state index in [0.29, 0.717) is 51.4 Å². The molecule has 0 spiro atoms. The van der Waals surface area contributed by atoms with Gasteiger partial charge in [-0.15, -0.1) is 0 Å². The van der Waals surface area contributed by atoms with Crippen molar-refractivity contribution in [2.24, 2.45) is 0 Å². The van der Waals surface area contributed by atoms with Gasteiger partial charge in [-0.2, -0.15) is 9.78 Å². The number of aryl methyl sites for hydroxylation is 4. The van der Waals surface area contributed by atoms with Crippen molar-refractivity contribution in [2.75, 3.05) is 0 Å². The summed E-state index contributed by atoms with van der Waals surface area (Å²) in [4.78, 5) is 22.1. The van der Waals surface area contributed by atoms with Crippen LogP contribution in [0.4, 0.5) is 0 Å². The number of rotatable bonds is 17. The molecule has 0 amide bonds. The molecule has 4 aromatic rings. The van der Waals surface area contributed by atoms with Gasteiger partial charge in [0.25, 0.3) is 0 Å². The lowest BCUT2D eigenvalue weighted by Crippen LogP contribution is -2.44. The molecule has 0 unspecified atom stereocenters. The second-order valence-electron chi connectivity index (χ2n) is 10.1. The van der Waals surface area contributed by atoms with E-state index in [4.69, 9.17) is 19.6 Å². The Morgan fingerprint density at radius 3 is 0.800 bits per heavy atom. The first-order chi connectivity index (χ1) is 19.6. The van der Waals surface area contributed by atoms with Crippen molar-refractivity contribution in [3.05, 3.63) is 144 Å². The SMILES string of the molecule is OOC(CCc1ccccc1)(CCc1ccccc1)OOC(CCc1ccccc1)(CCc1ccccc1)OO. The van der Waals surface area contributed by atoms with Gasteiger partial charge in [-0.25, -0.2) is 20.3 Å². The van der Waals surface area contributed by atoms with E-state index >= 15 is 0 Å². The van der Waals surface area contributed by atoms with Gasteiger partial charge in [-0.1, -0.05) is 121 Å². The highest BCUT2D eigenvalue weighted by Crippen LogP contribution is 2.33. The van der Waals surface area contributed by atoms with Crippen molar-refractivity contribution in [3.8, 4) is 0 Å². The minimum absolute atomic E-state index is 0.319. The average Bonchev–Trinajstić information content (AvgIpc) is 3.04. The highest BCUT2D eigenvalue weighted by molar-refractivity contribution is 5.18. The lowest BCUT2D eigenvalue weighted by molar-refractivity contribution is -0.574. The molecule has 0 radical (unpaired) electrons. The minimum Gasteiger partial charge on any atom is -0.249 e. The van der Waals surface area contributed by atoms with E-state index in [1.807, 2.05) is 121 Å². The van der Waals surface area contributed by atoms with Gasteiger partial charge >= 0.3 is 0 Å². The van der Waals surface area contributed by atoms with Gasteiger partial charge in [0, 0.05) is 25.7 Å². The Morgan fingerprint density at radius 1 is 0.375 bits per heavy atom. The topological polar surface area (TPSA) is 77.4 Å². The molecule has 2 N–H and O–H groups in total. The highest BCUT2D eigenvalue weighted by Gasteiger charge is 2.41. The van der Waals surface area contributed by atoms with Crippen LogP contribution < -0.4 is 0 Å². The van der Waals surface area contributed by atoms with E-state index in [9.17, 15) is 10.5 Å². The average molecular weight is 543 g/mol. The summed E-state index contributed by atoms with van der Waals surface area (Å²) in [5.41, 5.74) is 4.30. The van der Waals surface area contributed by atoms with Gasteiger partial charge in [0.15, 0.2) is 0 Å². The van der Waals surface area contributed by atoms with E-state index < -0.39 is 11.6 Å². The van der Waals surface area contributed by atoms with Crippen molar-refractivity contribution >= 4 is 0 Å². The molecule has 0 heterocycles. The van der Waals surface area contributed by atoms with Crippen LogP contribution in [0.15, 0.2) is 121 Å². The van der Waals surface area contributed by atoms with E-state index in [1.54, 1.807) is 0 Å². The van der Waals surface area contributed by atoms with Gasteiger partial charge in [0.2, 0.25) is 11.6 Å². The molecule has 6 nitrogen and oxygen atoms in total. The number of hydrogen-bond acceptors (Lipinski definition) is 6. The first-order valence-corrected chi connectivity index (χ1v) is 13.8. The monoisotopic (exact) mass is 542 g/mol. The van der Waals surface area contributed by atoms with E-state index in [-0.39, 0.29) is 0 Å². The third-order valence-electron chi connectivity index (χ3n) is 7.23. The molecule has 0 saturated heterocycles. The van der Waals surface area contributed by atoms with Crippen LogP contribution in [0.1, 0.15) is 47.9 Å². The Hall–Kier alpha value is -3.36. The maximum absolute atomic E-state index is 10.2. The summed E-state index contributed by atoms with van der Waals surface area (Å²) < 4.78 is 0. The first-order valence-electron chi connectivity index (χ1n) is 13.8. The third-order valence-corrected chi connectivity index (χ3v) is 7.23. The molecule has 4 rings (SSSR count). The summed E-state index contributed by atoms with van der Waals surface area (Å²) in [5.74, 6) is -2.98. The number of benzene rings is 4. The molecule has 210 valence electrons. The fourth-order valence-corrected chi connectivity index (χ4v) is 4.70. The van der Waals surface area contributed by atoms with Crippen molar-refractivity contribution in [1.82, 2.24) is 0 Å². The van der Waals surface area contributed by atoms with Crippen LogP contribution in [0.2, 0.25) is 0 Å². The van der Waals surface area contributed by atoms with Crippen LogP contribution in [0.25, 0.3) is 0 Å². The van der Waals surface area contributed by atoms with Gasteiger partial charge in [0.05, 0.1) is 0 Å². The second-order valence-corrected chi connectivity index (χ2v) is 10.1. The standard InChI is InChI=1S/C34H38O6/c35-37-33(25-21-29-13-5-1-6-14-29,26-22-30-15-7-2-8-16-30)39-40-34(38-36,27-23-31-17-9-3-10-18-31)28-24-32-19-11-4-12-20-32/h1-20,35-36H,21-28H2. The van der Waals surface area contributed by atoms with Crippen LogP contribution in [0.3, 0.4) is 0 Å². The van der Waals surface area contributed by atoms with Gasteiger partial charge < -0.3 is 0 Å². The summed E-state index contributed by atoms with van der Waals surface area (Å²) in [6, 6.07) is 39.7. The summed E-state index contributed by atoms with van der Waals surface area (Å²) in [7, 11) is 0. The Labute approximate surface area is 236 Å². The predicted octanol–water partition coefficient (Wildman–Crippen LogP) is 7.84. The zero-order chi connectivity index (χ0) is 27.9. The molecule has 6 heteroatoms. The van der Waals surface area contributed by atoms with Crippen molar-refractivity contribution in [1.29, 1.82) is 0 Å². The molecule has 4 aromatic carbocycles. The first kappa shape index (κ1) is 29.6. The highest BCUT2D eigenvalue weighted by atomic mass is 17.3. The summed E-state index contributed by atoms with van der Waals surface area (Å²) in [5, 5.41) is 20.4. The quantitative estimate of drug-likeness (QED) is 0.0804. The van der Waals surface area contributed by atoms with Crippen LogP contribution in [0.5, 0.6) is 0 Å². The molecule has 0 atom stereocenters. The fourth-order valence-electron chi connectivity index (χ4n) is 4.70. The Balaban J connectivity index is 1.53. The van der Waals surface area contributed by atoms with Crippen molar-refractivity contribution < 1.29 is 30.1 Å².